The quantitative estimate of drug-likeness (QED) is 0.895. The molecule has 3 nitrogen and oxygen atoms in total. The Morgan fingerprint density at radius 2 is 1.95 bits per heavy atom. The monoisotopic (exact) mass is 275 g/mol. The molecule has 1 N–H and O–H groups in total. The maximum absolute atomic E-state index is 4.08. The fourth-order valence-corrected chi connectivity index (χ4v) is 3.87. The second kappa shape index (κ2) is 7.19. The number of rotatable bonds is 5. The van der Waals surface area contributed by atoms with E-state index in [1.54, 1.807) is 0 Å². The fourth-order valence-electron chi connectivity index (χ4n) is 3.87. The molecule has 112 valence electrons. The summed E-state index contributed by atoms with van der Waals surface area (Å²) in [6.45, 7) is 5.91. The zero-order valence-corrected chi connectivity index (χ0v) is 13.3. The third kappa shape index (κ3) is 3.80. The average molecular weight is 275 g/mol. The molecule has 1 fully saturated rings. The average Bonchev–Trinajstić information content (AvgIpc) is 2.45. The maximum Gasteiger partial charge on any atom is 0.0272 e. The maximum atomic E-state index is 4.08. The predicted octanol–water partition coefficient (Wildman–Crippen LogP) is 2.58. The number of hydrogen-bond acceptors (Lipinski definition) is 3. The van der Waals surface area contributed by atoms with E-state index in [9.17, 15) is 0 Å². The summed E-state index contributed by atoms with van der Waals surface area (Å²) in [7, 11) is 4.39. The number of hydrogen-bond donors (Lipinski definition) is 1. The highest BCUT2D eigenvalue weighted by molar-refractivity contribution is 5.10. The smallest absolute Gasteiger partial charge is 0.0272 e. The van der Waals surface area contributed by atoms with Crippen molar-refractivity contribution in [1.29, 1.82) is 0 Å². The van der Waals surface area contributed by atoms with E-state index in [1.807, 2.05) is 12.4 Å². The molecule has 1 aliphatic rings. The molecule has 1 aliphatic carbocycles. The summed E-state index contributed by atoms with van der Waals surface area (Å²) in [5.41, 5.74) is 1.38. The SMILES string of the molecule is CNC1CC(C)CC(C)C1N(C)CCc1ccncc1. The van der Waals surface area contributed by atoms with Gasteiger partial charge in [0.1, 0.15) is 0 Å². The molecule has 2 rings (SSSR count). The first-order valence-corrected chi connectivity index (χ1v) is 7.88. The van der Waals surface area contributed by atoms with Crippen molar-refractivity contribution in [2.75, 3.05) is 20.6 Å². The van der Waals surface area contributed by atoms with E-state index in [1.165, 1.54) is 18.4 Å². The number of likely N-dealkylation sites (N-methyl/N-ethyl adjacent to an activating group) is 2. The fraction of sp³-hybridized carbons (Fsp3) is 0.706. The van der Waals surface area contributed by atoms with Gasteiger partial charge in [0.2, 0.25) is 0 Å². The standard InChI is InChI=1S/C17H29N3/c1-13-11-14(2)17(16(12-13)18-3)20(4)10-7-15-5-8-19-9-6-15/h5-6,8-9,13-14,16-18H,7,10-12H2,1-4H3. The Labute approximate surface area is 123 Å². The van der Waals surface area contributed by atoms with Crippen LogP contribution in [0.25, 0.3) is 0 Å². The first-order chi connectivity index (χ1) is 9.61. The van der Waals surface area contributed by atoms with Gasteiger partial charge < -0.3 is 10.2 Å². The Morgan fingerprint density at radius 1 is 1.25 bits per heavy atom. The predicted molar refractivity (Wildman–Crippen MR) is 84.8 cm³/mol. The van der Waals surface area contributed by atoms with E-state index in [2.05, 4.69) is 55.3 Å². The van der Waals surface area contributed by atoms with E-state index in [0.29, 0.717) is 12.1 Å². The number of nitrogens with one attached hydrogen (secondary N) is 1. The summed E-state index contributed by atoms with van der Waals surface area (Å²) in [4.78, 5) is 6.64. The second-order valence-electron chi connectivity index (χ2n) is 6.53. The van der Waals surface area contributed by atoms with Crippen molar-refractivity contribution in [3.63, 3.8) is 0 Å². The van der Waals surface area contributed by atoms with Gasteiger partial charge in [0.05, 0.1) is 0 Å². The lowest BCUT2D eigenvalue weighted by Crippen LogP contribution is -2.55. The molecule has 1 heterocycles. The van der Waals surface area contributed by atoms with Gasteiger partial charge in [-0.2, -0.15) is 0 Å². The molecule has 0 spiro atoms. The third-order valence-electron chi connectivity index (χ3n) is 4.81. The lowest BCUT2D eigenvalue weighted by Gasteiger charge is -2.44. The number of pyridine rings is 1. The van der Waals surface area contributed by atoms with Crippen LogP contribution in [-0.2, 0) is 6.42 Å². The van der Waals surface area contributed by atoms with Gasteiger partial charge in [-0.25, -0.2) is 0 Å². The van der Waals surface area contributed by atoms with E-state index in [-0.39, 0.29) is 0 Å². The van der Waals surface area contributed by atoms with E-state index in [4.69, 9.17) is 0 Å². The van der Waals surface area contributed by atoms with E-state index in [0.717, 1.165) is 24.8 Å². The van der Waals surface area contributed by atoms with Crippen LogP contribution in [0.5, 0.6) is 0 Å². The van der Waals surface area contributed by atoms with Crippen LogP contribution >= 0.6 is 0 Å². The molecule has 0 bridgehead atoms. The largest absolute Gasteiger partial charge is 0.315 e. The zero-order chi connectivity index (χ0) is 14.5. The van der Waals surface area contributed by atoms with Crippen molar-refractivity contribution in [3.05, 3.63) is 30.1 Å². The molecule has 4 atom stereocenters. The Balaban J connectivity index is 1.94. The first-order valence-electron chi connectivity index (χ1n) is 7.88. The molecule has 1 saturated carbocycles. The topological polar surface area (TPSA) is 28.2 Å². The Hall–Kier alpha value is -0.930. The summed E-state index contributed by atoms with van der Waals surface area (Å²) in [5, 5.41) is 3.54. The van der Waals surface area contributed by atoms with Crippen LogP contribution in [0.1, 0.15) is 32.3 Å². The summed E-state index contributed by atoms with van der Waals surface area (Å²) in [5.74, 6) is 1.60. The van der Waals surface area contributed by atoms with Crippen LogP contribution in [-0.4, -0.2) is 42.6 Å². The van der Waals surface area contributed by atoms with Crippen molar-refractivity contribution in [3.8, 4) is 0 Å². The molecular weight excluding hydrogens is 246 g/mol. The molecule has 4 unspecified atom stereocenters. The summed E-state index contributed by atoms with van der Waals surface area (Å²) >= 11 is 0. The molecule has 0 amide bonds. The van der Waals surface area contributed by atoms with Gasteiger partial charge in [0, 0.05) is 31.0 Å². The molecule has 1 aromatic heterocycles. The van der Waals surface area contributed by atoms with Gasteiger partial charge in [0.15, 0.2) is 0 Å². The van der Waals surface area contributed by atoms with E-state index >= 15 is 0 Å². The van der Waals surface area contributed by atoms with Gasteiger partial charge in [0.25, 0.3) is 0 Å². The normalized spacial score (nSPS) is 30.6. The van der Waals surface area contributed by atoms with Crippen molar-refractivity contribution >= 4 is 0 Å². The lowest BCUT2D eigenvalue weighted by molar-refractivity contribution is 0.0845. The minimum absolute atomic E-state index is 0.621. The van der Waals surface area contributed by atoms with Gasteiger partial charge in [-0.3, -0.25) is 4.98 Å². The first kappa shape index (κ1) is 15.5. The molecule has 20 heavy (non-hydrogen) atoms. The summed E-state index contributed by atoms with van der Waals surface area (Å²) in [6, 6.07) is 5.51. The Bertz CT molecular complexity index is 392. The second-order valence-corrected chi connectivity index (χ2v) is 6.53. The molecule has 0 saturated heterocycles. The van der Waals surface area contributed by atoms with Crippen LogP contribution in [0, 0.1) is 11.8 Å². The van der Waals surface area contributed by atoms with Gasteiger partial charge >= 0.3 is 0 Å². The van der Waals surface area contributed by atoms with Gasteiger partial charge in [-0.15, -0.1) is 0 Å². The molecular formula is C17H29N3. The third-order valence-corrected chi connectivity index (χ3v) is 4.81. The zero-order valence-electron chi connectivity index (χ0n) is 13.3. The molecule has 3 heteroatoms. The van der Waals surface area contributed by atoms with Crippen LogP contribution < -0.4 is 5.32 Å². The Kier molecular flexibility index (Phi) is 5.55. The molecule has 0 aromatic carbocycles. The highest BCUT2D eigenvalue weighted by atomic mass is 15.2. The number of aromatic nitrogens is 1. The minimum Gasteiger partial charge on any atom is -0.315 e. The van der Waals surface area contributed by atoms with Crippen LogP contribution in [0.4, 0.5) is 0 Å². The number of nitrogens with zero attached hydrogens (tertiary/aromatic N) is 2. The lowest BCUT2D eigenvalue weighted by atomic mass is 9.76. The highest BCUT2D eigenvalue weighted by Crippen LogP contribution is 2.31. The van der Waals surface area contributed by atoms with Crippen LogP contribution in [0.2, 0.25) is 0 Å². The van der Waals surface area contributed by atoms with E-state index < -0.39 is 0 Å². The van der Waals surface area contributed by atoms with Crippen LogP contribution in [0.15, 0.2) is 24.5 Å². The Morgan fingerprint density at radius 3 is 2.60 bits per heavy atom. The summed E-state index contributed by atoms with van der Waals surface area (Å²) < 4.78 is 0. The molecule has 1 aromatic rings. The van der Waals surface area contributed by atoms with Crippen molar-refractivity contribution in [1.82, 2.24) is 15.2 Å². The van der Waals surface area contributed by atoms with Crippen LogP contribution in [0.3, 0.4) is 0 Å². The molecule has 0 aliphatic heterocycles. The van der Waals surface area contributed by atoms with Gasteiger partial charge in [-0.05, 0) is 62.9 Å². The summed E-state index contributed by atoms with van der Waals surface area (Å²) in [6.07, 6.45) is 7.52. The van der Waals surface area contributed by atoms with Crippen molar-refractivity contribution in [2.45, 2.75) is 45.2 Å². The van der Waals surface area contributed by atoms with Crippen molar-refractivity contribution in [2.24, 2.45) is 11.8 Å². The van der Waals surface area contributed by atoms with Gasteiger partial charge in [-0.1, -0.05) is 13.8 Å². The van der Waals surface area contributed by atoms with Crippen molar-refractivity contribution < 1.29 is 0 Å². The minimum atomic E-state index is 0.621. The molecule has 0 radical (unpaired) electrons. The highest BCUT2D eigenvalue weighted by Gasteiger charge is 2.35.